The number of nitrogens with one attached hydrogen (secondary N) is 1. The first-order chi connectivity index (χ1) is 20.5. The molecule has 3 heterocycles. The highest BCUT2D eigenvalue weighted by Crippen LogP contribution is 2.39. The summed E-state index contributed by atoms with van der Waals surface area (Å²) in [6.45, 7) is 9.32. The lowest BCUT2D eigenvalue weighted by atomic mass is 9.80. The van der Waals surface area contributed by atoms with Crippen LogP contribution in [0.1, 0.15) is 91.2 Å². The van der Waals surface area contributed by atoms with Crippen molar-refractivity contribution in [1.82, 2.24) is 19.8 Å². The smallest absolute Gasteiger partial charge is 0.320 e. The van der Waals surface area contributed by atoms with Gasteiger partial charge < -0.3 is 15.0 Å². The number of aryl methyl sites for hydroxylation is 2. The second-order valence-corrected chi connectivity index (χ2v) is 13.3. The average molecular weight is 569 g/mol. The van der Waals surface area contributed by atoms with E-state index in [-0.39, 0.29) is 6.04 Å². The third-order valence-corrected chi connectivity index (χ3v) is 10.3. The Morgan fingerprint density at radius 1 is 1.05 bits per heavy atom. The number of nitrogens with zero attached hydrogens (tertiary/aromatic N) is 3. The number of carboxylic acid groups (broad SMARTS) is 1. The summed E-state index contributed by atoms with van der Waals surface area (Å²) in [6, 6.07) is 19.2. The molecule has 3 fully saturated rings. The first kappa shape index (κ1) is 29.1. The molecule has 2 aliphatic heterocycles. The summed E-state index contributed by atoms with van der Waals surface area (Å²) in [6.07, 6.45) is 8.56. The van der Waals surface area contributed by atoms with E-state index in [0.29, 0.717) is 23.7 Å². The number of likely N-dealkylation sites (tertiary alicyclic amines) is 2. The lowest BCUT2D eigenvalue weighted by Crippen LogP contribution is -2.43. The zero-order valence-corrected chi connectivity index (χ0v) is 25.5. The predicted octanol–water partition coefficient (Wildman–Crippen LogP) is 6.41. The molecular formula is C36H48N4O2. The van der Waals surface area contributed by atoms with Crippen LogP contribution >= 0.6 is 0 Å². The van der Waals surface area contributed by atoms with Gasteiger partial charge in [0.1, 0.15) is 11.9 Å². The minimum absolute atomic E-state index is 0.351. The van der Waals surface area contributed by atoms with Crippen LogP contribution in [0.15, 0.2) is 54.6 Å². The molecule has 0 spiro atoms. The van der Waals surface area contributed by atoms with Crippen molar-refractivity contribution in [1.29, 1.82) is 0 Å². The quantitative estimate of drug-likeness (QED) is 0.280. The molecule has 3 atom stereocenters. The Morgan fingerprint density at radius 3 is 2.50 bits per heavy atom. The van der Waals surface area contributed by atoms with E-state index in [2.05, 4.69) is 83.2 Å². The first-order valence-electron chi connectivity index (χ1n) is 16.3. The number of benzene rings is 2. The number of H-pyrrole nitrogens is 1. The Kier molecular flexibility index (Phi) is 9.11. The van der Waals surface area contributed by atoms with Crippen LogP contribution in [-0.4, -0.2) is 69.6 Å². The SMILES string of the molecule is CCc1[nH]c(Cc2ccccc2)nc1C1CCN(C[C@H]2CN([C@H](CC3CCC3)C(=O)O)C[C@@H]2c2cccc(C)c2)CC1. The topological polar surface area (TPSA) is 72.5 Å². The van der Waals surface area contributed by atoms with Crippen LogP contribution in [-0.2, 0) is 17.6 Å². The van der Waals surface area contributed by atoms with Gasteiger partial charge in [0.15, 0.2) is 0 Å². The number of piperidine rings is 1. The van der Waals surface area contributed by atoms with Gasteiger partial charge in [-0.2, -0.15) is 0 Å². The van der Waals surface area contributed by atoms with E-state index in [1.807, 2.05) is 0 Å². The molecule has 3 aromatic rings. The van der Waals surface area contributed by atoms with E-state index >= 15 is 0 Å². The van der Waals surface area contributed by atoms with Gasteiger partial charge in [-0.05, 0) is 68.7 Å². The summed E-state index contributed by atoms with van der Waals surface area (Å²) in [7, 11) is 0. The van der Waals surface area contributed by atoms with Gasteiger partial charge in [-0.25, -0.2) is 4.98 Å². The fraction of sp³-hybridized carbons (Fsp3) is 0.556. The van der Waals surface area contributed by atoms with E-state index in [1.165, 1.54) is 47.3 Å². The molecule has 1 saturated carbocycles. The van der Waals surface area contributed by atoms with Crippen LogP contribution in [0.25, 0.3) is 0 Å². The van der Waals surface area contributed by atoms with E-state index in [9.17, 15) is 9.90 Å². The fourth-order valence-electron chi connectivity index (χ4n) is 7.75. The molecule has 2 aromatic carbocycles. The van der Waals surface area contributed by atoms with Crippen LogP contribution in [0.5, 0.6) is 0 Å². The molecule has 0 unspecified atom stereocenters. The lowest BCUT2D eigenvalue weighted by molar-refractivity contribution is -0.144. The van der Waals surface area contributed by atoms with Crippen LogP contribution in [0.4, 0.5) is 0 Å². The van der Waals surface area contributed by atoms with Crippen LogP contribution in [0, 0.1) is 18.8 Å². The fourth-order valence-corrected chi connectivity index (χ4v) is 7.75. The van der Waals surface area contributed by atoms with Crippen LogP contribution in [0.2, 0.25) is 0 Å². The van der Waals surface area contributed by atoms with Crippen LogP contribution < -0.4 is 0 Å². The van der Waals surface area contributed by atoms with E-state index < -0.39 is 5.97 Å². The molecule has 1 aliphatic carbocycles. The maximum absolute atomic E-state index is 12.4. The third-order valence-electron chi connectivity index (χ3n) is 10.3. The summed E-state index contributed by atoms with van der Waals surface area (Å²) in [4.78, 5) is 26.2. The predicted molar refractivity (Wildman–Crippen MR) is 168 cm³/mol. The Bertz CT molecular complexity index is 1330. The summed E-state index contributed by atoms with van der Waals surface area (Å²) >= 11 is 0. The van der Waals surface area contributed by atoms with Gasteiger partial charge >= 0.3 is 5.97 Å². The molecule has 6 nitrogen and oxygen atoms in total. The molecule has 42 heavy (non-hydrogen) atoms. The van der Waals surface area contributed by atoms with Gasteiger partial charge in [-0.15, -0.1) is 0 Å². The number of imidazole rings is 1. The Balaban J connectivity index is 1.12. The van der Waals surface area contributed by atoms with Gasteiger partial charge in [0.25, 0.3) is 0 Å². The highest BCUT2D eigenvalue weighted by Gasteiger charge is 2.41. The number of carboxylic acids is 1. The van der Waals surface area contributed by atoms with E-state index in [0.717, 1.165) is 70.7 Å². The van der Waals surface area contributed by atoms with Crippen LogP contribution in [0.3, 0.4) is 0 Å². The van der Waals surface area contributed by atoms with Crippen molar-refractivity contribution < 1.29 is 9.90 Å². The van der Waals surface area contributed by atoms with E-state index in [1.54, 1.807) is 0 Å². The number of carbonyl (C=O) groups is 1. The number of aromatic nitrogens is 2. The molecular weight excluding hydrogens is 520 g/mol. The second kappa shape index (κ2) is 13.1. The highest BCUT2D eigenvalue weighted by atomic mass is 16.4. The normalized spacial score (nSPS) is 23.2. The number of hydrogen-bond acceptors (Lipinski definition) is 4. The maximum atomic E-state index is 12.4. The van der Waals surface area contributed by atoms with Crippen molar-refractivity contribution in [3.63, 3.8) is 0 Å². The molecule has 2 saturated heterocycles. The Labute approximate surface area is 251 Å². The standard InChI is InChI=1S/C36H48N4O2/c1-3-32-35(38-34(37-32)21-27-10-5-4-6-11-27)28-15-17-39(18-16-28)22-30-23-40(33(36(41)42)20-26-12-8-13-26)24-31(30)29-14-7-9-25(2)19-29/h4-7,9-11,14,19,26,28,30-31,33H,3,8,12-13,15-18,20-24H2,1-2H3,(H,37,38)(H,41,42)/t30-,31+,33+/m0/s1. The second-order valence-electron chi connectivity index (χ2n) is 13.3. The zero-order valence-electron chi connectivity index (χ0n) is 25.5. The number of rotatable bonds is 11. The minimum atomic E-state index is -0.635. The molecule has 6 rings (SSSR count). The first-order valence-corrected chi connectivity index (χ1v) is 16.3. The van der Waals surface area contributed by atoms with Crippen molar-refractivity contribution >= 4 is 5.97 Å². The minimum Gasteiger partial charge on any atom is -0.480 e. The largest absolute Gasteiger partial charge is 0.480 e. The number of aliphatic carboxylic acids is 1. The summed E-state index contributed by atoms with van der Waals surface area (Å²) in [5.41, 5.74) is 6.54. The third kappa shape index (κ3) is 6.65. The summed E-state index contributed by atoms with van der Waals surface area (Å²) < 4.78 is 0. The lowest BCUT2D eigenvalue weighted by Gasteiger charge is -2.35. The van der Waals surface area contributed by atoms with Gasteiger partial charge in [0.2, 0.25) is 0 Å². The van der Waals surface area contributed by atoms with Crippen molar-refractivity contribution in [2.75, 3.05) is 32.7 Å². The molecule has 0 radical (unpaired) electrons. The van der Waals surface area contributed by atoms with Gasteiger partial charge in [0.05, 0.1) is 5.69 Å². The maximum Gasteiger partial charge on any atom is 0.320 e. The number of aromatic amines is 1. The molecule has 224 valence electrons. The Morgan fingerprint density at radius 2 is 1.83 bits per heavy atom. The molecule has 0 amide bonds. The van der Waals surface area contributed by atoms with Gasteiger partial charge in [-0.1, -0.05) is 86.3 Å². The average Bonchev–Trinajstić information content (AvgIpc) is 3.57. The molecule has 1 aromatic heterocycles. The molecule has 0 bridgehead atoms. The molecule has 3 aliphatic rings. The van der Waals surface area contributed by atoms with Crippen molar-refractivity contribution in [3.05, 3.63) is 88.5 Å². The van der Waals surface area contributed by atoms with Gasteiger partial charge in [0, 0.05) is 43.6 Å². The Hall–Kier alpha value is -2.96. The zero-order chi connectivity index (χ0) is 29.1. The summed E-state index contributed by atoms with van der Waals surface area (Å²) in [5.74, 6) is 2.36. The number of hydrogen-bond donors (Lipinski definition) is 2. The molecule has 6 heteroatoms. The van der Waals surface area contributed by atoms with Crippen molar-refractivity contribution in [2.24, 2.45) is 11.8 Å². The molecule has 2 N–H and O–H groups in total. The van der Waals surface area contributed by atoms with E-state index in [4.69, 9.17) is 4.98 Å². The van der Waals surface area contributed by atoms with Crippen molar-refractivity contribution in [2.45, 2.75) is 83.1 Å². The monoisotopic (exact) mass is 568 g/mol. The van der Waals surface area contributed by atoms with Crippen molar-refractivity contribution in [3.8, 4) is 0 Å². The van der Waals surface area contributed by atoms with Gasteiger partial charge in [-0.3, -0.25) is 9.69 Å². The summed E-state index contributed by atoms with van der Waals surface area (Å²) in [5, 5.41) is 10.2. The highest BCUT2D eigenvalue weighted by molar-refractivity contribution is 5.73.